The predicted octanol–water partition coefficient (Wildman–Crippen LogP) is 3.58. The molecule has 0 saturated carbocycles. The molecule has 2 aromatic carbocycles. The summed E-state index contributed by atoms with van der Waals surface area (Å²) in [6.07, 6.45) is 1.94. The third kappa shape index (κ3) is 3.57. The molecule has 6 heteroatoms. The van der Waals surface area contributed by atoms with Crippen molar-refractivity contribution in [1.29, 1.82) is 0 Å². The Kier molecular flexibility index (Phi) is 5.24. The van der Waals surface area contributed by atoms with Crippen molar-refractivity contribution in [2.75, 3.05) is 38.3 Å². The molecule has 144 valence electrons. The standard InChI is InChI=1S/C22H22N2O3S/c1-15-5-3-4-6-16(15)14-20-22(26)23(2)18-13-17(7-8-19(18)28-20)21(25)24-9-11-27-12-10-24/h3-8,13-14H,9-12H2,1-2H3. The number of likely N-dealkylation sites (N-methyl/N-ethyl adjacent to an activating group) is 1. The van der Waals surface area contributed by atoms with Gasteiger partial charge in [0.05, 0.1) is 23.8 Å². The molecular weight excluding hydrogens is 372 g/mol. The maximum absolute atomic E-state index is 12.9. The Balaban J connectivity index is 1.63. The zero-order valence-electron chi connectivity index (χ0n) is 16.0. The molecule has 28 heavy (non-hydrogen) atoms. The molecule has 1 fully saturated rings. The highest BCUT2D eigenvalue weighted by atomic mass is 32.2. The van der Waals surface area contributed by atoms with Crippen LogP contribution in [0.3, 0.4) is 0 Å². The van der Waals surface area contributed by atoms with Gasteiger partial charge in [0.1, 0.15) is 0 Å². The highest BCUT2D eigenvalue weighted by Crippen LogP contribution is 2.42. The third-order valence-electron chi connectivity index (χ3n) is 5.08. The molecule has 0 radical (unpaired) electrons. The molecule has 0 spiro atoms. The SMILES string of the molecule is Cc1ccccc1C=C1Sc2ccc(C(=O)N3CCOCC3)cc2N(C)C1=O. The number of aryl methyl sites for hydroxylation is 1. The van der Waals surface area contributed by atoms with E-state index in [4.69, 9.17) is 4.74 Å². The first-order valence-electron chi connectivity index (χ1n) is 9.29. The average molecular weight is 394 g/mol. The van der Waals surface area contributed by atoms with E-state index < -0.39 is 0 Å². The number of rotatable bonds is 2. The zero-order valence-corrected chi connectivity index (χ0v) is 16.8. The quantitative estimate of drug-likeness (QED) is 0.731. The number of ether oxygens (including phenoxy) is 1. The lowest BCUT2D eigenvalue weighted by Gasteiger charge is -2.29. The maximum Gasteiger partial charge on any atom is 0.264 e. The number of benzene rings is 2. The summed E-state index contributed by atoms with van der Waals surface area (Å²) in [7, 11) is 1.76. The van der Waals surface area contributed by atoms with Crippen LogP contribution in [0.2, 0.25) is 0 Å². The molecule has 2 amide bonds. The number of nitrogens with zero attached hydrogens (tertiary/aromatic N) is 2. The Bertz CT molecular complexity index is 964. The number of amides is 2. The average Bonchev–Trinajstić information content (AvgIpc) is 2.73. The van der Waals surface area contributed by atoms with Gasteiger partial charge in [0, 0.05) is 30.6 Å². The molecule has 0 aromatic heterocycles. The summed E-state index contributed by atoms with van der Waals surface area (Å²) < 4.78 is 5.32. The van der Waals surface area contributed by atoms with Crippen LogP contribution in [0.4, 0.5) is 5.69 Å². The first kappa shape index (κ1) is 18.8. The van der Waals surface area contributed by atoms with Crippen LogP contribution < -0.4 is 4.90 Å². The number of carbonyl (C=O) groups is 2. The van der Waals surface area contributed by atoms with Gasteiger partial charge in [0.2, 0.25) is 0 Å². The van der Waals surface area contributed by atoms with E-state index in [-0.39, 0.29) is 11.8 Å². The van der Waals surface area contributed by atoms with Crippen molar-refractivity contribution in [3.8, 4) is 0 Å². The molecule has 0 aliphatic carbocycles. The minimum absolute atomic E-state index is 0.0156. The van der Waals surface area contributed by atoms with Gasteiger partial charge in [-0.15, -0.1) is 0 Å². The lowest BCUT2D eigenvalue weighted by Crippen LogP contribution is -2.40. The molecule has 5 nitrogen and oxygen atoms in total. The van der Waals surface area contributed by atoms with Crippen LogP contribution in [0, 0.1) is 6.92 Å². The van der Waals surface area contributed by atoms with Crippen LogP contribution >= 0.6 is 11.8 Å². The predicted molar refractivity (Wildman–Crippen MR) is 112 cm³/mol. The second-order valence-corrected chi connectivity index (χ2v) is 8.00. The first-order chi connectivity index (χ1) is 13.5. The van der Waals surface area contributed by atoms with Gasteiger partial charge in [-0.05, 0) is 42.3 Å². The van der Waals surface area contributed by atoms with E-state index in [1.54, 1.807) is 16.8 Å². The topological polar surface area (TPSA) is 49.9 Å². The van der Waals surface area contributed by atoms with Crippen molar-refractivity contribution in [3.63, 3.8) is 0 Å². The van der Waals surface area contributed by atoms with Crippen molar-refractivity contribution in [2.24, 2.45) is 0 Å². The fourth-order valence-corrected chi connectivity index (χ4v) is 4.45. The van der Waals surface area contributed by atoms with E-state index in [1.807, 2.05) is 55.5 Å². The van der Waals surface area contributed by atoms with E-state index in [0.29, 0.717) is 36.8 Å². The lowest BCUT2D eigenvalue weighted by molar-refractivity contribution is -0.114. The first-order valence-corrected chi connectivity index (χ1v) is 10.1. The third-order valence-corrected chi connectivity index (χ3v) is 6.15. The summed E-state index contributed by atoms with van der Waals surface area (Å²) in [6, 6.07) is 13.6. The summed E-state index contributed by atoms with van der Waals surface area (Å²) in [5, 5.41) is 0. The highest BCUT2D eigenvalue weighted by Gasteiger charge is 2.28. The van der Waals surface area contributed by atoms with Crippen molar-refractivity contribution >= 4 is 35.3 Å². The number of anilines is 1. The van der Waals surface area contributed by atoms with Crippen molar-refractivity contribution in [3.05, 3.63) is 64.1 Å². The van der Waals surface area contributed by atoms with E-state index in [0.717, 1.165) is 21.7 Å². The molecule has 4 rings (SSSR count). The Morgan fingerprint density at radius 3 is 2.64 bits per heavy atom. The number of carbonyl (C=O) groups excluding carboxylic acids is 2. The fourth-order valence-electron chi connectivity index (χ4n) is 3.37. The smallest absolute Gasteiger partial charge is 0.264 e. The van der Waals surface area contributed by atoms with Crippen LogP contribution in [0.5, 0.6) is 0 Å². The highest BCUT2D eigenvalue weighted by molar-refractivity contribution is 8.04. The largest absolute Gasteiger partial charge is 0.378 e. The van der Waals surface area contributed by atoms with Gasteiger partial charge in [-0.1, -0.05) is 36.0 Å². The molecule has 0 atom stereocenters. The van der Waals surface area contributed by atoms with E-state index in [2.05, 4.69) is 0 Å². The summed E-state index contributed by atoms with van der Waals surface area (Å²) in [4.78, 5) is 30.8. The van der Waals surface area contributed by atoms with E-state index >= 15 is 0 Å². The van der Waals surface area contributed by atoms with Crippen LogP contribution in [-0.4, -0.2) is 50.1 Å². The lowest BCUT2D eigenvalue weighted by atomic mass is 10.1. The van der Waals surface area contributed by atoms with Crippen molar-refractivity contribution in [1.82, 2.24) is 4.90 Å². The molecule has 2 aromatic rings. The van der Waals surface area contributed by atoms with Gasteiger partial charge in [0.15, 0.2) is 0 Å². The minimum atomic E-state index is -0.0586. The summed E-state index contributed by atoms with van der Waals surface area (Å²) in [5.41, 5.74) is 3.54. The van der Waals surface area contributed by atoms with E-state index in [1.165, 1.54) is 11.8 Å². The molecule has 1 saturated heterocycles. The number of hydrogen-bond donors (Lipinski definition) is 0. The molecule has 2 aliphatic rings. The zero-order chi connectivity index (χ0) is 19.7. The molecule has 2 heterocycles. The van der Waals surface area contributed by atoms with Gasteiger partial charge in [-0.2, -0.15) is 0 Å². The van der Waals surface area contributed by atoms with Crippen molar-refractivity contribution in [2.45, 2.75) is 11.8 Å². The van der Waals surface area contributed by atoms with Crippen LogP contribution in [0.25, 0.3) is 6.08 Å². The minimum Gasteiger partial charge on any atom is -0.378 e. The Labute approximate surface area is 169 Å². The van der Waals surface area contributed by atoms with Gasteiger partial charge >= 0.3 is 0 Å². The fraction of sp³-hybridized carbons (Fsp3) is 0.273. The van der Waals surface area contributed by atoms with Crippen LogP contribution in [0.15, 0.2) is 52.3 Å². The van der Waals surface area contributed by atoms with E-state index in [9.17, 15) is 9.59 Å². The van der Waals surface area contributed by atoms with Gasteiger partial charge in [-0.3, -0.25) is 9.59 Å². The van der Waals surface area contributed by atoms with Gasteiger partial charge < -0.3 is 14.5 Å². The van der Waals surface area contributed by atoms with Crippen molar-refractivity contribution < 1.29 is 14.3 Å². The van der Waals surface area contributed by atoms with Crippen LogP contribution in [0.1, 0.15) is 21.5 Å². The van der Waals surface area contributed by atoms with Gasteiger partial charge in [0.25, 0.3) is 11.8 Å². The molecule has 0 unspecified atom stereocenters. The number of fused-ring (bicyclic) bond motifs is 1. The second-order valence-electron chi connectivity index (χ2n) is 6.92. The molecule has 0 bridgehead atoms. The summed E-state index contributed by atoms with van der Waals surface area (Å²) in [6.45, 7) is 4.37. The Morgan fingerprint density at radius 2 is 1.89 bits per heavy atom. The number of thioether (sulfide) groups is 1. The number of hydrogen-bond acceptors (Lipinski definition) is 4. The Hall–Kier alpha value is -2.57. The molecular formula is C22H22N2O3S. The summed E-state index contributed by atoms with van der Waals surface area (Å²) >= 11 is 1.45. The normalized spacial score (nSPS) is 18.4. The summed E-state index contributed by atoms with van der Waals surface area (Å²) in [5.74, 6) is -0.0741. The second kappa shape index (κ2) is 7.81. The Morgan fingerprint density at radius 1 is 1.14 bits per heavy atom. The molecule has 0 N–H and O–H groups in total. The van der Waals surface area contributed by atoms with Crippen LogP contribution in [-0.2, 0) is 9.53 Å². The number of morpholine rings is 1. The maximum atomic E-state index is 12.9. The molecule has 2 aliphatic heterocycles. The van der Waals surface area contributed by atoms with Gasteiger partial charge in [-0.25, -0.2) is 0 Å². The monoisotopic (exact) mass is 394 g/mol.